The number of benzene rings is 1. The fourth-order valence-corrected chi connectivity index (χ4v) is 5.50. The molecule has 0 amide bonds. The molecule has 8 heteroatoms. The Balaban J connectivity index is 1.71. The molecule has 0 spiro atoms. The molecule has 144 valence electrons. The van der Waals surface area contributed by atoms with Crippen molar-refractivity contribution in [1.29, 1.82) is 0 Å². The molecule has 1 saturated heterocycles. The maximum atomic E-state index is 12.9. The van der Waals surface area contributed by atoms with Crippen LogP contribution in [0.3, 0.4) is 0 Å². The fourth-order valence-electron chi connectivity index (χ4n) is 3.04. The molecule has 27 heavy (non-hydrogen) atoms. The lowest BCUT2D eigenvalue weighted by Gasteiger charge is -2.32. The molecule has 1 fully saturated rings. The average Bonchev–Trinajstić information content (AvgIpc) is 3.13. The number of piperidine rings is 1. The Morgan fingerprint density at radius 3 is 2.56 bits per heavy atom. The summed E-state index contributed by atoms with van der Waals surface area (Å²) in [5.41, 5.74) is 0. The number of nitrogens with zero attached hydrogens (tertiary/aromatic N) is 1. The molecule has 1 aromatic heterocycles. The second-order valence-corrected chi connectivity index (χ2v) is 9.56. The van der Waals surface area contributed by atoms with Crippen molar-refractivity contribution in [2.75, 3.05) is 13.2 Å². The minimum atomic E-state index is -3.79. The van der Waals surface area contributed by atoms with Gasteiger partial charge in [-0.05, 0) is 50.5 Å². The number of carbonyl (C=O) groups excluding carboxylic acids is 2. The summed E-state index contributed by atoms with van der Waals surface area (Å²) in [7, 11) is -3.79. The maximum absolute atomic E-state index is 12.9. The lowest BCUT2D eigenvalue weighted by Crippen LogP contribution is -2.48. The van der Waals surface area contributed by atoms with E-state index in [1.54, 1.807) is 24.3 Å². The molecule has 1 aromatic carbocycles. The second-order valence-electron chi connectivity index (χ2n) is 6.38. The summed E-state index contributed by atoms with van der Waals surface area (Å²) in [6, 6.07) is 10.7. The van der Waals surface area contributed by atoms with Crippen LogP contribution in [-0.2, 0) is 19.6 Å². The summed E-state index contributed by atoms with van der Waals surface area (Å²) in [4.78, 5) is 26.4. The molecule has 1 atom stereocenters. The molecule has 6 nitrogen and oxygen atoms in total. The standard InChI is InChI=1S/C19H21NO5S2/c1-14-10-11-18(26-14)17(21)13-25-19(22)16-9-5-6-12-20(16)27(23,24)15-7-3-2-4-8-15/h2-4,7-8,10-11,16H,5-6,9,12-13H2,1H3/t16-/m0/s1. The summed E-state index contributed by atoms with van der Waals surface area (Å²) < 4.78 is 32.2. The Morgan fingerprint density at radius 2 is 1.89 bits per heavy atom. The number of Topliss-reactive ketones (excluding diaryl/α,β-unsaturated/α-hetero) is 1. The minimum Gasteiger partial charge on any atom is -0.456 e. The molecular formula is C19H21NO5S2. The lowest BCUT2D eigenvalue weighted by atomic mass is 10.1. The molecular weight excluding hydrogens is 386 g/mol. The first-order valence-electron chi connectivity index (χ1n) is 8.73. The van der Waals surface area contributed by atoms with E-state index in [9.17, 15) is 18.0 Å². The van der Waals surface area contributed by atoms with Gasteiger partial charge in [0.2, 0.25) is 15.8 Å². The van der Waals surface area contributed by atoms with Gasteiger partial charge in [-0.15, -0.1) is 11.3 Å². The van der Waals surface area contributed by atoms with E-state index in [1.807, 2.05) is 13.0 Å². The monoisotopic (exact) mass is 407 g/mol. The van der Waals surface area contributed by atoms with Gasteiger partial charge in [-0.2, -0.15) is 4.31 Å². The van der Waals surface area contributed by atoms with Crippen LogP contribution in [0.15, 0.2) is 47.4 Å². The van der Waals surface area contributed by atoms with Gasteiger partial charge in [-0.25, -0.2) is 8.42 Å². The highest BCUT2D eigenvalue weighted by Gasteiger charge is 2.38. The van der Waals surface area contributed by atoms with E-state index in [1.165, 1.54) is 27.8 Å². The van der Waals surface area contributed by atoms with Gasteiger partial charge in [0.05, 0.1) is 9.77 Å². The summed E-state index contributed by atoms with van der Waals surface area (Å²) in [6.45, 7) is 1.77. The summed E-state index contributed by atoms with van der Waals surface area (Å²) in [5.74, 6) is -0.953. The third kappa shape index (κ3) is 4.45. The van der Waals surface area contributed by atoms with E-state index in [0.29, 0.717) is 17.7 Å². The summed E-state index contributed by atoms with van der Waals surface area (Å²) in [6.07, 6.45) is 1.80. The van der Waals surface area contributed by atoms with Gasteiger partial charge in [0.25, 0.3) is 0 Å². The Bertz CT molecular complexity index is 921. The zero-order valence-corrected chi connectivity index (χ0v) is 16.6. The molecule has 2 heterocycles. The summed E-state index contributed by atoms with van der Waals surface area (Å²) in [5, 5.41) is 0. The van der Waals surface area contributed by atoms with Crippen molar-refractivity contribution in [2.45, 2.75) is 37.1 Å². The molecule has 0 bridgehead atoms. The van der Waals surface area contributed by atoms with E-state index in [-0.39, 0.29) is 23.8 Å². The van der Waals surface area contributed by atoms with E-state index in [4.69, 9.17) is 4.74 Å². The molecule has 0 aliphatic carbocycles. The van der Waals surface area contributed by atoms with Crippen LogP contribution < -0.4 is 0 Å². The average molecular weight is 408 g/mol. The van der Waals surface area contributed by atoms with E-state index in [0.717, 1.165) is 11.3 Å². The smallest absolute Gasteiger partial charge is 0.324 e. The maximum Gasteiger partial charge on any atom is 0.324 e. The quantitative estimate of drug-likeness (QED) is 0.543. The van der Waals surface area contributed by atoms with Crippen molar-refractivity contribution in [3.05, 3.63) is 52.2 Å². The first-order valence-corrected chi connectivity index (χ1v) is 11.0. The van der Waals surface area contributed by atoms with Crippen molar-refractivity contribution in [3.8, 4) is 0 Å². The van der Waals surface area contributed by atoms with Gasteiger partial charge in [0.1, 0.15) is 6.04 Å². The Labute approximate surface area is 162 Å². The number of hydrogen-bond donors (Lipinski definition) is 0. The molecule has 0 unspecified atom stereocenters. The van der Waals surface area contributed by atoms with Crippen LogP contribution in [-0.4, -0.2) is 43.7 Å². The zero-order chi connectivity index (χ0) is 19.4. The SMILES string of the molecule is Cc1ccc(C(=O)COC(=O)[C@@H]2CCCCN2S(=O)(=O)c2ccccc2)s1. The molecule has 2 aromatic rings. The normalized spacial score (nSPS) is 18.2. The Morgan fingerprint density at radius 1 is 1.15 bits per heavy atom. The van der Waals surface area contributed by atoms with E-state index >= 15 is 0 Å². The first-order chi connectivity index (χ1) is 12.9. The van der Waals surface area contributed by atoms with Crippen molar-refractivity contribution in [1.82, 2.24) is 4.31 Å². The van der Waals surface area contributed by atoms with Crippen molar-refractivity contribution < 1.29 is 22.7 Å². The van der Waals surface area contributed by atoms with Gasteiger partial charge in [0.15, 0.2) is 6.61 Å². The predicted octanol–water partition coefficient (Wildman–Crippen LogP) is 3.03. The largest absolute Gasteiger partial charge is 0.456 e. The molecule has 1 aliphatic rings. The highest BCUT2D eigenvalue weighted by molar-refractivity contribution is 7.89. The van der Waals surface area contributed by atoms with Crippen molar-refractivity contribution >= 4 is 33.1 Å². The Kier molecular flexibility index (Phi) is 6.08. The van der Waals surface area contributed by atoms with E-state index < -0.39 is 22.0 Å². The fraction of sp³-hybridized carbons (Fsp3) is 0.368. The van der Waals surface area contributed by atoms with Crippen molar-refractivity contribution in [2.24, 2.45) is 0 Å². The third-order valence-corrected chi connectivity index (χ3v) is 7.40. The number of ether oxygens (including phenoxy) is 1. The minimum absolute atomic E-state index is 0.148. The van der Waals surface area contributed by atoms with Gasteiger partial charge >= 0.3 is 5.97 Å². The van der Waals surface area contributed by atoms with Gasteiger partial charge in [-0.3, -0.25) is 9.59 Å². The first kappa shape index (κ1) is 19.7. The van der Waals surface area contributed by atoms with Crippen LogP contribution in [0.2, 0.25) is 0 Å². The number of carbonyl (C=O) groups is 2. The number of thiophene rings is 1. The number of esters is 1. The van der Waals surface area contributed by atoms with Crippen LogP contribution in [0.25, 0.3) is 0 Å². The van der Waals surface area contributed by atoms with Gasteiger partial charge in [0, 0.05) is 11.4 Å². The highest BCUT2D eigenvalue weighted by Crippen LogP contribution is 2.26. The molecule has 1 aliphatic heterocycles. The topological polar surface area (TPSA) is 80.8 Å². The number of sulfonamides is 1. The van der Waals surface area contributed by atoms with Crippen LogP contribution in [0.4, 0.5) is 0 Å². The molecule has 0 N–H and O–H groups in total. The number of hydrogen-bond acceptors (Lipinski definition) is 6. The van der Waals surface area contributed by atoms with Crippen LogP contribution in [0, 0.1) is 6.92 Å². The molecule has 0 saturated carbocycles. The van der Waals surface area contributed by atoms with Crippen LogP contribution in [0.5, 0.6) is 0 Å². The van der Waals surface area contributed by atoms with Crippen LogP contribution >= 0.6 is 11.3 Å². The zero-order valence-electron chi connectivity index (χ0n) is 15.0. The molecule has 0 radical (unpaired) electrons. The number of aryl methyl sites for hydroxylation is 1. The van der Waals surface area contributed by atoms with Crippen LogP contribution in [0.1, 0.15) is 33.8 Å². The predicted molar refractivity (Wildman–Crippen MR) is 102 cm³/mol. The van der Waals surface area contributed by atoms with Gasteiger partial charge in [-0.1, -0.05) is 18.2 Å². The van der Waals surface area contributed by atoms with E-state index in [2.05, 4.69) is 0 Å². The Hall–Kier alpha value is -2.03. The third-order valence-electron chi connectivity index (χ3n) is 4.44. The number of ketones is 1. The summed E-state index contributed by atoms with van der Waals surface area (Å²) >= 11 is 1.34. The van der Waals surface area contributed by atoms with Crippen molar-refractivity contribution in [3.63, 3.8) is 0 Å². The lowest BCUT2D eigenvalue weighted by molar-refractivity contribution is -0.148. The molecule has 3 rings (SSSR count). The van der Waals surface area contributed by atoms with Gasteiger partial charge < -0.3 is 4.74 Å². The second kappa shape index (κ2) is 8.33. The highest BCUT2D eigenvalue weighted by atomic mass is 32.2. The number of rotatable bonds is 6.